The molecular weight excluding hydrogens is 407 g/mol. The van der Waals surface area contributed by atoms with Crippen molar-refractivity contribution < 1.29 is 16.8 Å². The van der Waals surface area contributed by atoms with Gasteiger partial charge in [0.05, 0.1) is 9.79 Å². The molecule has 0 radical (unpaired) electrons. The van der Waals surface area contributed by atoms with Gasteiger partial charge in [0.2, 0.25) is 20.0 Å². The van der Waals surface area contributed by atoms with Crippen molar-refractivity contribution in [3.05, 3.63) is 58.6 Å². The molecule has 0 spiro atoms. The molecule has 0 aliphatic rings. The van der Waals surface area contributed by atoms with E-state index in [9.17, 15) is 16.8 Å². The van der Waals surface area contributed by atoms with Crippen LogP contribution in [0.2, 0.25) is 10.0 Å². The number of sulfonamides is 2. The van der Waals surface area contributed by atoms with Crippen LogP contribution in [0.15, 0.2) is 58.3 Å². The van der Waals surface area contributed by atoms with Crippen LogP contribution in [0.1, 0.15) is 6.42 Å². The summed E-state index contributed by atoms with van der Waals surface area (Å²) in [6.07, 6.45) is 0.277. The third-order valence-corrected chi connectivity index (χ3v) is 6.54. The van der Waals surface area contributed by atoms with Crippen LogP contribution in [-0.2, 0) is 20.0 Å². The molecule has 0 aromatic heterocycles. The number of benzene rings is 2. The van der Waals surface area contributed by atoms with Gasteiger partial charge in [0.25, 0.3) is 0 Å². The van der Waals surface area contributed by atoms with Gasteiger partial charge in [0.15, 0.2) is 0 Å². The molecular formula is C15H16Cl2N2O4S2. The molecule has 2 aromatic carbocycles. The van der Waals surface area contributed by atoms with Crippen molar-refractivity contribution in [3.8, 4) is 0 Å². The highest BCUT2D eigenvalue weighted by atomic mass is 35.5. The molecule has 6 nitrogen and oxygen atoms in total. The molecule has 2 rings (SSSR count). The zero-order valence-electron chi connectivity index (χ0n) is 12.9. The van der Waals surface area contributed by atoms with Gasteiger partial charge in [-0.3, -0.25) is 0 Å². The fourth-order valence-corrected chi connectivity index (χ4v) is 4.69. The van der Waals surface area contributed by atoms with Gasteiger partial charge in [-0.2, -0.15) is 0 Å². The second kappa shape index (κ2) is 8.48. The van der Waals surface area contributed by atoms with Gasteiger partial charge < -0.3 is 0 Å². The topological polar surface area (TPSA) is 92.3 Å². The van der Waals surface area contributed by atoms with Crippen molar-refractivity contribution in [2.24, 2.45) is 0 Å². The second-order valence-corrected chi connectivity index (χ2v) is 9.47. The largest absolute Gasteiger partial charge is 0.240 e. The summed E-state index contributed by atoms with van der Waals surface area (Å²) < 4.78 is 53.1. The lowest BCUT2D eigenvalue weighted by molar-refractivity contribution is 0.572. The third-order valence-electron chi connectivity index (χ3n) is 3.15. The smallest absolute Gasteiger partial charge is 0.211 e. The van der Waals surface area contributed by atoms with Crippen molar-refractivity contribution in [2.45, 2.75) is 16.2 Å². The van der Waals surface area contributed by atoms with E-state index in [4.69, 9.17) is 23.2 Å². The maximum atomic E-state index is 12.1. The second-order valence-electron chi connectivity index (χ2n) is 5.06. The monoisotopic (exact) mass is 422 g/mol. The van der Waals surface area contributed by atoms with Crippen LogP contribution in [0.4, 0.5) is 0 Å². The first-order chi connectivity index (χ1) is 11.7. The quantitative estimate of drug-likeness (QED) is 0.639. The first-order valence-electron chi connectivity index (χ1n) is 7.21. The van der Waals surface area contributed by atoms with Crippen LogP contribution in [0, 0.1) is 0 Å². The minimum absolute atomic E-state index is 0.0551. The SMILES string of the molecule is O=S(=O)(NCCCNS(=O)(=O)c1cccc(Cl)c1)c1cccc(Cl)c1. The maximum absolute atomic E-state index is 12.1. The number of halogens is 2. The highest BCUT2D eigenvalue weighted by Gasteiger charge is 2.15. The molecule has 25 heavy (non-hydrogen) atoms. The van der Waals surface area contributed by atoms with Crippen molar-refractivity contribution in [1.82, 2.24) is 9.44 Å². The molecule has 0 saturated carbocycles. The fourth-order valence-electron chi connectivity index (χ4n) is 1.94. The summed E-state index contributed by atoms with van der Waals surface area (Å²) in [7, 11) is -7.37. The Bertz CT molecular complexity index is 870. The van der Waals surface area contributed by atoms with Crippen LogP contribution in [0.3, 0.4) is 0 Å². The van der Waals surface area contributed by atoms with Crippen LogP contribution in [0.5, 0.6) is 0 Å². The number of hydrogen-bond acceptors (Lipinski definition) is 4. The third kappa shape index (κ3) is 5.95. The van der Waals surface area contributed by atoms with Gasteiger partial charge in [-0.25, -0.2) is 26.3 Å². The van der Waals surface area contributed by atoms with Gasteiger partial charge in [-0.1, -0.05) is 35.3 Å². The molecule has 0 aliphatic carbocycles. The summed E-state index contributed by atoms with van der Waals surface area (Å²) in [6.45, 7) is 0.153. The van der Waals surface area contributed by atoms with Gasteiger partial charge in [-0.15, -0.1) is 0 Å². The van der Waals surface area contributed by atoms with E-state index in [1.54, 1.807) is 12.1 Å². The summed E-state index contributed by atoms with van der Waals surface area (Å²) in [6, 6.07) is 11.8. The molecule has 136 valence electrons. The Balaban J connectivity index is 1.85. The highest BCUT2D eigenvalue weighted by Crippen LogP contribution is 2.16. The Kier molecular flexibility index (Phi) is 6.84. The van der Waals surface area contributed by atoms with E-state index in [1.165, 1.54) is 36.4 Å². The zero-order valence-corrected chi connectivity index (χ0v) is 16.1. The van der Waals surface area contributed by atoms with E-state index < -0.39 is 20.0 Å². The number of rotatable bonds is 8. The predicted octanol–water partition coefficient (Wildman–Crippen LogP) is 2.64. The zero-order chi connectivity index (χ0) is 18.5. The van der Waals surface area contributed by atoms with Crippen molar-refractivity contribution in [3.63, 3.8) is 0 Å². The summed E-state index contributed by atoms with van der Waals surface area (Å²) in [5.74, 6) is 0. The fraction of sp³-hybridized carbons (Fsp3) is 0.200. The van der Waals surface area contributed by atoms with Crippen LogP contribution < -0.4 is 9.44 Å². The van der Waals surface area contributed by atoms with Gasteiger partial charge in [0, 0.05) is 23.1 Å². The van der Waals surface area contributed by atoms with Crippen molar-refractivity contribution in [1.29, 1.82) is 0 Å². The Labute approximate surface area is 157 Å². The van der Waals surface area contributed by atoms with Gasteiger partial charge >= 0.3 is 0 Å². The molecule has 0 fully saturated rings. The van der Waals surface area contributed by atoms with E-state index in [1.807, 2.05) is 0 Å². The van der Waals surface area contributed by atoms with Crippen molar-refractivity contribution >= 4 is 43.2 Å². The maximum Gasteiger partial charge on any atom is 0.240 e. The molecule has 0 atom stereocenters. The van der Waals surface area contributed by atoms with E-state index >= 15 is 0 Å². The average molecular weight is 423 g/mol. The molecule has 0 bridgehead atoms. The normalized spacial score (nSPS) is 12.2. The van der Waals surface area contributed by atoms with E-state index in [2.05, 4.69) is 9.44 Å². The van der Waals surface area contributed by atoms with E-state index in [-0.39, 0.29) is 29.3 Å². The molecule has 0 saturated heterocycles. The van der Waals surface area contributed by atoms with Crippen molar-refractivity contribution in [2.75, 3.05) is 13.1 Å². The molecule has 2 aromatic rings. The molecule has 2 N–H and O–H groups in total. The predicted molar refractivity (Wildman–Crippen MR) is 97.9 cm³/mol. The van der Waals surface area contributed by atoms with E-state index in [0.717, 1.165) is 0 Å². The minimum Gasteiger partial charge on any atom is -0.211 e. The van der Waals surface area contributed by atoms with Gasteiger partial charge in [-0.05, 0) is 42.8 Å². The average Bonchev–Trinajstić information content (AvgIpc) is 2.54. The van der Waals surface area contributed by atoms with Crippen LogP contribution in [0.25, 0.3) is 0 Å². The van der Waals surface area contributed by atoms with Crippen LogP contribution >= 0.6 is 23.2 Å². The summed E-state index contributed by atoms with van der Waals surface area (Å²) >= 11 is 11.6. The lowest BCUT2D eigenvalue weighted by atomic mass is 10.4. The molecule has 10 heteroatoms. The standard InChI is InChI=1S/C15H16Cl2N2O4S2/c16-12-4-1-6-14(10-12)24(20,21)18-8-3-9-19-25(22,23)15-7-2-5-13(17)11-15/h1-2,4-7,10-11,18-19H,3,8-9H2. The lowest BCUT2D eigenvalue weighted by Crippen LogP contribution is -2.30. The molecule has 0 heterocycles. The van der Waals surface area contributed by atoms with E-state index in [0.29, 0.717) is 10.0 Å². The minimum atomic E-state index is -3.69. The van der Waals surface area contributed by atoms with Gasteiger partial charge in [0.1, 0.15) is 0 Å². The highest BCUT2D eigenvalue weighted by molar-refractivity contribution is 7.89. The summed E-state index contributed by atoms with van der Waals surface area (Å²) in [5, 5.41) is 0.634. The summed E-state index contributed by atoms with van der Waals surface area (Å²) in [4.78, 5) is 0.110. The Morgan fingerprint density at radius 2 is 1.12 bits per heavy atom. The number of hydrogen-bond donors (Lipinski definition) is 2. The first-order valence-corrected chi connectivity index (χ1v) is 10.9. The van der Waals surface area contributed by atoms with Crippen LogP contribution in [-0.4, -0.2) is 29.9 Å². The summed E-state index contributed by atoms with van der Waals surface area (Å²) in [5.41, 5.74) is 0. The number of nitrogens with one attached hydrogen (secondary N) is 2. The molecule has 0 aliphatic heterocycles. The Morgan fingerprint density at radius 3 is 1.48 bits per heavy atom. The molecule has 0 amide bonds. The first kappa shape index (κ1) is 20.2. The molecule has 0 unspecified atom stereocenters. The Hall–Kier alpha value is -1.16. The lowest BCUT2D eigenvalue weighted by Gasteiger charge is -2.09. The Morgan fingerprint density at radius 1 is 0.720 bits per heavy atom.